The fraction of sp³-hybridized carbons (Fsp3) is 0.800. The van der Waals surface area contributed by atoms with Gasteiger partial charge in [-0.1, -0.05) is 13.8 Å². The lowest BCUT2D eigenvalue weighted by Gasteiger charge is -1.89. The summed E-state index contributed by atoms with van der Waals surface area (Å²) in [6, 6.07) is 0. The topological polar surface area (TPSA) is 25.6 Å². The maximum absolute atomic E-state index is 5.35. The minimum absolute atomic E-state index is 0.546. The van der Waals surface area contributed by atoms with Crippen molar-refractivity contribution in [3.8, 4) is 0 Å². The molecule has 1 nitrogen and oxygen atoms in total. The molecule has 2 N–H and O–H groups in total. The molecule has 0 aliphatic rings. The Bertz CT molecular complexity index is 55.0. The second-order valence-electron chi connectivity index (χ2n) is 1.90. The third-order valence-corrected chi connectivity index (χ3v) is 0.911. The third-order valence-electron chi connectivity index (χ3n) is 0.911. The molecule has 6 heavy (non-hydrogen) atoms. The molecule has 0 rings (SSSR count). The maximum atomic E-state index is 5.35. The van der Waals surface area contributed by atoms with Crippen molar-refractivity contribution in [1.82, 2.24) is 0 Å². The van der Waals surface area contributed by atoms with Gasteiger partial charge >= 0.3 is 0 Å². The minimum atomic E-state index is 0.546. The van der Waals surface area contributed by atoms with Crippen molar-refractivity contribution in [3.05, 3.63) is 0 Å². The molecule has 0 saturated heterocycles. The Balaban J connectivity index is 3.26. The summed E-state index contributed by atoms with van der Waals surface area (Å²) in [5.41, 5.74) is 1.01. The fourth-order valence-electron chi connectivity index (χ4n) is 0. The average molecular weight is 86.2 g/mol. The van der Waals surface area contributed by atoms with E-state index in [1.165, 1.54) is 0 Å². The van der Waals surface area contributed by atoms with Crippen LogP contribution < -0.4 is 5.41 Å². The van der Waals surface area contributed by atoms with Crippen LogP contribution in [0.5, 0.6) is 0 Å². The van der Waals surface area contributed by atoms with E-state index < -0.39 is 0 Å². The van der Waals surface area contributed by atoms with E-state index >= 15 is 0 Å². The van der Waals surface area contributed by atoms with Crippen molar-refractivity contribution in [1.29, 1.82) is 0 Å². The Labute approximate surface area is 38.9 Å². The molecule has 0 fully saturated rings. The van der Waals surface area contributed by atoms with Gasteiger partial charge in [0.05, 0.1) is 0 Å². The molecule has 0 heterocycles. The zero-order valence-corrected chi connectivity index (χ0v) is 4.65. The molecule has 0 amide bonds. The minimum Gasteiger partial charge on any atom is -0.262 e. The van der Waals surface area contributed by atoms with Gasteiger partial charge in [0.2, 0.25) is 0 Å². The Morgan fingerprint density at radius 3 is 1.67 bits per heavy atom. The van der Waals surface area contributed by atoms with Gasteiger partial charge < -0.3 is 0 Å². The van der Waals surface area contributed by atoms with Gasteiger partial charge in [-0.25, -0.2) is 0 Å². The Kier molecular flexibility index (Phi) is 1.85. The average Bonchev–Trinajstić information content (AvgIpc) is 1.36. The molecule has 0 spiro atoms. The SMILES string of the molecule is CC(=[NH2+])C(C)C. The molecular weight excluding hydrogens is 74.1 g/mol. The van der Waals surface area contributed by atoms with Crippen LogP contribution in [0.1, 0.15) is 20.8 Å². The Hall–Kier alpha value is -0.330. The fourth-order valence-corrected chi connectivity index (χ4v) is 0. The first-order valence-electron chi connectivity index (χ1n) is 2.23. The second kappa shape index (κ2) is 1.96. The summed E-state index contributed by atoms with van der Waals surface area (Å²) >= 11 is 0. The number of hydrogen-bond acceptors (Lipinski definition) is 0. The van der Waals surface area contributed by atoms with E-state index in [2.05, 4.69) is 13.8 Å². The summed E-state index contributed by atoms with van der Waals surface area (Å²) in [5.74, 6) is 0.546. The lowest BCUT2D eigenvalue weighted by Crippen LogP contribution is -2.40. The van der Waals surface area contributed by atoms with Crippen molar-refractivity contribution in [2.45, 2.75) is 20.8 Å². The molecule has 1 heteroatoms. The van der Waals surface area contributed by atoms with Crippen LogP contribution in [0.15, 0.2) is 0 Å². The monoisotopic (exact) mass is 86.1 g/mol. The van der Waals surface area contributed by atoms with E-state index in [0.717, 1.165) is 5.71 Å². The van der Waals surface area contributed by atoms with Crippen molar-refractivity contribution in [3.63, 3.8) is 0 Å². The second-order valence-corrected chi connectivity index (χ2v) is 1.90. The summed E-state index contributed by atoms with van der Waals surface area (Å²) in [6.07, 6.45) is 0. The molecule has 0 bridgehead atoms. The summed E-state index contributed by atoms with van der Waals surface area (Å²) in [4.78, 5) is 0. The van der Waals surface area contributed by atoms with Crippen molar-refractivity contribution >= 4 is 5.71 Å². The normalized spacial score (nSPS) is 9.33. The molecule has 0 radical (unpaired) electrons. The molecule has 0 aromatic carbocycles. The third kappa shape index (κ3) is 1.94. The first kappa shape index (κ1) is 5.67. The predicted molar refractivity (Wildman–Crippen MR) is 27.4 cm³/mol. The molecule has 0 saturated carbocycles. The largest absolute Gasteiger partial charge is 0.262 e. The smallest absolute Gasteiger partial charge is 0.148 e. The highest BCUT2D eigenvalue weighted by molar-refractivity contribution is 5.77. The van der Waals surface area contributed by atoms with Gasteiger partial charge in [-0.05, 0) is 0 Å². The van der Waals surface area contributed by atoms with Crippen LogP contribution in [-0.4, -0.2) is 5.71 Å². The van der Waals surface area contributed by atoms with E-state index in [1.807, 2.05) is 6.92 Å². The first-order valence-corrected chi connectivity index (χ1v) is 2.23. The van der Waals surface area contributed by atoms with Gasteiger partial charge in [0.25, 0.3) is 0 Å². The highest BCUT2D eigenvalue weighted by atomic mass is 14.4. The number of nitrogens with two attached hydrogens (primary N) is 1. The van der Waals surface area contributed by atoms with Crippen LogP contribution >= 0.6 is 0 Å². The highest BCUT2D eigenvalue weighted by Crippen LogP contribution is 1.87. The maximum Gasteiger partial charge on any atom is 0.148 e. The van der Waals surface area contributed by atoms with Gasteiger partial charge in [-0.2, -0.15) is 0 Å². The molecule has 0 aliphatic heterocycles. The van der Waals surface area contributed by atoms with Crippen LogP contribution in [0.3, 0.4) is 0 Å². The molecular formula is C5H12N+. The van der Waals surface area contributed by atoms with Gasteiger partial charge in [0.1, 0.15) is 5.71 Å². The van der Waals surface area contributed by atoms with Crippen LogP contribution in [0, 0.1) is 5.92 Å². The van der Waals surface area contributed by atoms with Crippen molar-refractivity contribution in [2.75, 3.05) is 0 Å². The Morgan fingerprint density at radius 1 is 1.50 bits per heavy atom. The highest BCUT2D eigenvalue weighted by Gasteiger charge is 1.96. The van der Waals surface area contributed by atoms with Crippen LogP contribution in [0.25, 0.3) is 0 Å². The van der Waals surface area contributed by atoms with E-state index in [9.17, 15) is 0 Å². The van der Waals surface area contributed by atoms with E-state index in [0.29, 0.717) is 5.92 Å². The lowest BCUT2D eigenvalue weighted by atomic mass is 10.1. The molecule has 0 unspecified atom stereocenters. The lowest BCUT2D eigenvalue weighted by molar-refractivity contribution is -0.119. The van der Waals surface area contributed by atoms with E-state index in [1.54, 1.807) is 0 Å². The summed E-state index contributed by atoms with van der Waals surface area (Å²) in [5, 5.41) is 5.35. The summed E-state index contributed by atoms with van der Waals surface area (Å²) < 4.78 is 0. The quantitative estimate of drug-likeness (QED) is 0.430. The van der Waals surface area contributed by atoms with Gasteiger partial charge in [0.15, 0.2) is 0 Å². The van der Waals surface area contributed by atoms with Gasteiger partial charge in [0, 0.05) is 12.8 Å². The summed E-state index contributed by atoms with van der Waals surface area (Å²) in [7, 11) is 0. The molecule has 0 aromatic rings. The molecule has 0 aromatic heterocycles. The van der Waals surface area contributed by atoms with Gasteiger partial charge in [-0.3, -0.25) is 5.41 Å². The molecule has 0 atom stereocenters. The first-order chi connectivity index (χ1) is 2.64. The molecule has 36 valence electrons. The van der Waals surface area contributed by atoms with Crippen LogP contribution in [0.2, 0.25) is 0 Å². The Morgan fingerprint density at radius 2 is 1.67 bits per heavy atom. The predicted octanol–water partition coefficient (Wildman–Crippen LogP) is -0.138. The van der Waals surface area contributed by atoms with Crippen molar-refractivity contribution in [2.24, 2.45) is 5.92 Å². The van der Waals surface area contributed by atoms with Gasteiger partial charge in [-0.15, -0.1) is 0 Å². The number of hydrogen-bond donors (Lipinski definition) is 1. The zero-order valence-electron chi connectivity index (χ0n) is 4.65. The number of rotatable bonds is 1. The molecule has 0 aliphatic carbocycles. The van der Waals surface area contributed by atoms with E-state index in [-0.39, 0.29) is 0 Å². The van der Waals surface area contributed by atoms with Crippen molar-refractivity contribution < 1.29 is 5.41 Å². The van der Waals surface area contributed by atoms with Crippen LogP contribution in [-0.2, 0) is 0 Å². The zero-order chi connectivity index (χ0) is 5.15. The standard InChI is InChI=1S/C5H11N/c1-4(2)5(3)6/h4,6H,1-3H3/p+1. The van der Waals surface area contributed by atoms with E-state index in [4.69, 9.17) is 5.41 Å². The summed E-state index contributed by atoms with van der Waals surface area (Å²) in [6.45, 7) is 6.09. The van der Waals surface area contributed by atoms with Crippen LogP contribution in [0.4, 0.5) is 0 Å².